The molecular weight excluding hydrogens is 364 g/mol. The van der Waals surface area contributed by atoms with Crippen LogP contribution in [0.3, 0.4) is 0 Å². The monoisotopic (exact) mass is 384 g/mol. The molecule has 136 valence electrons. The molecule has 0 fully saturated rings. The number of sulfonamides is 1. The van der Waals surface area contributed by atoms with Crippen LogP contribution in [0.2, 0.25) is 5.02 Å². The number of aryl methyl sites for hydroxylation is 2. The minimum Gasteiger partial charge on any atom is -0.311 e. The quantitative estimate of drug-likeness (QED) is 0.798. The highest BCUT2D eigenvalue weighted by Crippen LogP contribution is 2.26. The van der Waals surface area contributed by atoms with Gasteiger partial charge in [0.1, 0.15) is 4.90 Å². The van der Waals surface area contributed by atoms with Gasteiger partial charge in [0.2, 0.25) is 15.9 Å². The van der Waals surface area contributed by atoms with Crippen molar-refractivity contribution >= 4 is 33.2 Å². The second-order valence-corrected chi connectivity index (χ2v) is 7.83. The van der Waals surface area contributed by atoms with Crippen molar-refractivity contribution in [2.24, 2.45) is 0 Å². The third kappa shape index (κ3) is 4.20. The second kappa shape index (κ2) is 7.55. The largest absolute Gasteiger partial charge is 0.311 e. The fraction of sp³-hybridized carbons (Fsp3) is 0.375. The van der Waals surface area contributed by atoms with Crippen LogP contribution in [0.4, 0.5) is 5.69 Å². The Bertz CT molecular complexity index is 873. The maximum Gasteiger partial charge on any atom is 0.244 e. The van der Waals surface area contributed by atoms with Gasteiger partial charge in [0.05, 0.1) is 11.4 Å². The van der Waals surface area contributed by atoms with Gasteiger partial charge < -0.3 is 4.90 Å². The molecule has 0 aliphatic rings. The zero-order chi connectivity index (χ0) is 18.8. The summed E-state index contributed by atoms with van der Waals surface area (Å²) in [6, 6.07) is 5.27. The lowest BCUT2D eigenvalue weighted by atomic mass is 10.1. The molecular formula is C16H21ClN4O3S. The number of hydrogen-bond acceptors (Lipinski definition) is 4. The van der Waals surface area contributed by atoms with E-state index in [-0.39, 0.29) is 23.9 Å². The summed E-state index contributed by atoms with van der Waals surface area (Å²) in [4.78, 5) is 13.6. The van der Waals surface area contributed by atoms with Crippen LogP contribution >= 0.6 is 11.6 Å². The first-order valence-corrected chi connectivity index (χ1v) is 9.55. The predicted molar refractivity (Wildman–Crippen MR) is 97.5 cm³/mol. The number of H-pyrrole nitrogens is 1. The molecule has 0 radical (unpaired) electrons. The van der Waals surface area contributed by atoms with E-state index in [1.165, 1.54) is 11.8 Å². The Morgan fingerprint density at radius 3 is 2.56 bits per heavy atom. The minimum absolute atomic E-state index is 0.0674. The number of aromatic amines is 1. The van der Waals surface area contributed by atoms with Crippen molar-refractivity contribution in [3.8, 4) is 0 Å². The average Bonchev–Trinajstić information content (AvgIpc) is 2.86. The molecule has 2 N–H and O–H groups in total. The topological polar surface area (TPSA) is 95.2 Å². The average molecular weight is 385 g/mol. The van der Waals surface area contributed by atoms with E-state index in [1.54, 1.807) is 32.0 Å². The van der Waals surface area contributed by atoms with Crippen LogP contribution in [0.25, 0.3) is 0 Å². The molecule has 0 aliphatic heterocycles. The van der Waals surface area contributed by atoms with Gasteiger partial charge in [-0.3, -0.25) is 9.89 Å². The van der Waals surface area contributed by atoms with Crippen LogP contribution in [-0.4, -0.2) is 37.6 Å². The van der Waals surface area contributed by atoms with Crippen LogP contribution in [0, 0.1) is 20.8 Å². The third-order valence-electron chi connectivity index (χ3n) is 3.87. The van der Waals surface area contributed by atoms with Crippen LogP contribution in [0.1, 0.15) is 23.9 Å². The summed E-state index contributed by atoms with van der Waals surface area (Å²) in [6.45, 7) is 6.76. The van der Waals surface area contributed by atoms with Gasteiger partial charge in [0.25, 0.3) is 0 Å². The highest BCUT2D eigenvalue weighted by molar-refractivity contribution is 7.89. The van der Waals surface area contributed by atoms with Crippen LogP contribution < -0.4 is 9.62 Å². The Balaban J connectivity index is 2.15. The number of nitrogens with zero attached hydrogens (tertiary/aromatic N) is 2. The predicted octanol–water partition coefficient (Wildman–Crippen LogP) is 2.32. The van der Waals surface area contributed by atoms with E-state index >= 15 is 0 Å². The van der Waals surface area contributed by atoms with Crippen molar-refractivity contribution in [1.82, 2.24) is 14.9 Å². The number of hydrogen-bond donors (Lipinski definition) is 2. The molecule has 1 heterocycles. The summed E-state index contributed by atoms with van der Waals surface area (Å²) in [5, 5.41) is 7.10. The first-order valence-electron chi connectivity index (χ1n) is 7.69. The number of carbonyl (C=O) groups excluding carboxylic acids is 1. The molecule has 1 amide bonds. The maximum atomic E-state index is 12.4. The van der Waals surface area contributed by atoms with Gasteiger partial charge in [0.15, 0.2) is 0 Å². The first kappa shape index (κ1) is 19.4. The Morgan fingerprint density at radius 2 is 2.00 bits per heavy atom. The molecule has 1 aromatic carbocycles. The van der Waals surface area contributed by atoms with Crippen LogP contribution in [0.5, 0.6) is 0 Å². The SMILES string of the molecule is CC(=O)N(CCNS(=O)(=O)c1c(C)n[nH]c1C)c1cccc(Cl)c1C. The molecule has 7 nitrogen and oxygen atoms in total. The molecule has 25 heavy (non-hydrogen) atoms. The van der Waals surface area contributed by atoms with Gasteiger partial charge in [-0.2, -0.15) is 5.10 Å². The van der Waals surface area contributed by atoms with E-state index in [4.69, 9.17) is 11.6 Å². The van der Waals surface area contributed by atoms with E-state index < -0.39 is 10.0 Å². The lowest BCUT2D eigenvalue weighted by Gasteiger charge is -2.23. The molecule has 0 saturated heterocycles. The van der Waals surface area contributed by atoms with Gasteiger partial charge in [-0.25, -0.2) is 13.1 Å². The van der Waals surface area contributed by atoms with E-state index in [9.17, 15) is 13.2 Å². The molecule has 0 unspecified atom stereocenters. The Morgan fingerprint density at radius 1 is 1.32 bits per heavy atom. The zero-order valence-corrected chi connectivity index (χ0v) is 16.1. The van der Waals surface area contributed by atoms with Crippen molar-refractivity contribution in [3.63, 3.8) is 0 Å². The lowest BCUT2D eigenvalue weighted by Crippen LogP contribution is -2.38. The molecule has 0 bridgehead atoms. The number of rotatable bonds is 6. The second-order valence-electron chi connectivity index (χ2n) is 5.72. The fourth-order valence-electron chi connectivity index (χ4n) is 2.64. The highest BCUT2D eigenvalue weighted by Gasteiger charge is 2.23. The van der Waals surface area contributed by atoms with E-state index in [1.807, 2.05) is 6.92 Å². The van der Waals surface area contributed by atoms with Gasteiger partial charge in [-0.05, 0) is 38.5 Å². The minimum atomic E-state index is -3.71. The number of nitrogens with one attached hydrogen (secondary N) is 2. The normalized spacial score (nSPS) is 11.6. The Hall–Kier alpha value is -1.90. The summed E-state index contributed by atoms with van der Waals surface area (Å²) in [5.41, 5.74) is 2.30. The molecule has 0 atom stereocenters. The zero-order valence-electron chi connectivity index (χ0n) is 14.6. The van der Waals surface area contributed by atoms with E-state index in [0.29, 0.717) is 22.1 Å². The molecule has 0 aliphatic carbocycles. The van der Waals surface area contributed by atoms with Crippen molar-refractivity contribution in [3.05, 3.63) is 40.2 Å². The van der Waals surface area contributed by atoms with Gasteiger partial charge in [-0.15, -0.1) is 0 Å². The van der Waals surface area contributed by atoms with Gasteiger partial charge >= 0.3 is 0 Å². The number of amides is 1. The molecule has 1 aromatic heterocycles. The van der Waals surface area contributed by atoms with Crippen molar-refractivity contribution < 1.29 is 13.2 Å². The van der Waals surface area contributed by atoms with Crippen molar-refractivity contribution in [1.29, 1.82) is 0 Å². The molecule has 0 saturated carbocycles. The van der Waals surface area contributed by atoms with E-state index in [2.05, 4.69) is 14.9 Å². The molecule has 2 aromatic rings. The maximum absolute atomic E-state index is 12.4. The third-order valence-corrected chi connectivity index (χ3v) is 6.00. The van der Waals surface area contributed by atoms with Crippen molar-refractivity contribution in [2.45, 2.75) is 32.6 Å². The van der Waals surface area contributed by atoms with Gasteiger partial charge in [-0.1, -0.05) is 17.7 Å². The Labute approximate surface area is 152 Å². The first-order chi connectivity index (χ1) is 11.6. The number of anilines is 1. The van der Waals surface area contributed by atoms with Crippen LogP contribution in [0.15, 0.2) is 23.1 Å². The number of carbonyl (C=O) groups is 1. The lowest BCUT2D eigenvalue weighted by molar-refractivity contribution is -0.116. The summed E-state index contributed by atoms with van der Waals surface area (Å²) in [7, 11) is -3.71. The van der Waals surface area contributed by atoms with E-state index in [0.717, 1.165) is 5.56 Å². The molecule has 9 heteroatoms. The molecule has 2 rings (SSSR count). The summed E-state index contributed by atoms with van der Waals surface area (Å²) >= 11 is 6.11. The van der Waals surface area contributed by atoms with Crippen LogP contribution in [-0.2, 0) is 14.8 Å². The standard InChI is InChI=1S/C16H21ClN4O3S/c1-10-14(17)6-5-7-15(10)21(13(4)22)9-8-18-25(23,24)16-11(2)19-20-12(16)3/h5-7,18H,8-9H2,1-4H3,(H,19,20). The summed E-state index contributed by atoms with van der Waals surface area (Å²) in [6.07, 6.45) is 0. The smallest absolute Gasteiger partial charge is 0.244 e. The summed E-state index contributed by atoms with van der Waals surface area (Å²) in [5.74, 6) is -0.194. The number of halogens is 1. The molecule has 0 spiro atoms. The van der Waals surface area contributed by atoms with Gasteiger partial charge in [0, 0.05) is 30.7 Å². The number of benzene rings is 1. The van der Waals surface area contributed by atoms with Crippen molar-refractivity contribution in [2.75, 3.05) is 18.0 Å². The number of aromatic nitrogens is 2. The fourth-order valence-corrected chi connectivity index (χ4v) is 4.19. The highest BCUT2D eigenvalue weighted by atomic mass is 35.5. The Kier molecular flexibility index (Phi) is 5.87. The summed E-state index contributed by atoms with van der Waals surface area (Å²) < 4.78 is 27.4.